The minimum atomic E-state index is -0.856. The Hall–Kier alpha value is -1.11. The first-order valence-corrected chi connectivity index (χ1v) is 10.8. The molecule has 10 nitrogen and oxygen atoms in total. The normalized spacial score (nSPS) is 11.3. The molecule has 28 heavy (non-hydrogen) atoms. The second-order valence-electron chi connectivity index (χ2n) is 5.34. The number of rotatable bonds is 7. The highest BCUT2D eigenvalue weighted by Gasteiger charge is 2.25. The van der Waals surface area contributed by atoms with E-state index in [0.717, 1.165) is 0 Å². The number of amides is 3. The first-order chi connectivity index (χ1) is 13.0. The van der Waals surface area contributed by atoms with Crippen LogP contribution in [-0.2, 0) is 19.1 Å². The summed E-state index contributed by atoms with van der Waals surface area (Å²) in [5, 5.41) is 5.08. The molecule has 1 rings (SSSR count). The fraction of sp³-hybridized carbons (Fsp3) is 0.333. The second-order valence-corrected chi connectivity index (χ2v) is 8.58. The standard InChI is InChI=1S/C15H17I3N4O6/c1-5(23)27-4-7(28-6(2)24)3-21-14(25)8-9(16)12(19)11(18)13(10(8)17)22-15(20)26/h7H,3-4,19H2,1-2H3,(H,21,25)(H3,20,22,26). The number of carbonyl (C=O) groups excluding carboxylic acids is 4. The highest BCUT2D eigenvalue weighted by Crippen LogP contribution is 2.37. The molecule has 13 heteroatoms. The van der Waals surface area contributed by atoms with E-state index in [0.29, 0.717) is 22.1 Å². The zero-order valence-electron chi connectivity index (χ0n) is 14.7. The van der Waals surface area contributed by atoms with Gasteiger partial charge in [0, 0.05) is 13.8 Å². The lowest BCUT2D eigenvalue weighted by Crippen LogP contribution is -2.38. The lowest BCUT2D eigenvalue weighted by atomic mass is 10.1. The third kappa shape index (κ3) is 7.05. The molecule has 3 amide bonds. The summed E-state index contributed by atoms with van der Waals surface area (Å²) in [5.41, 5.74) is 12.1. The molecule has 1 aromatic rings. The fourth-order valence-corrected chi connectivity index (χ4v) is 5.92. The van der Waals surface area contributed by atoms with Gasteiger partial charge < -0.3 is 31.6 Å². The Labute approximate surface area is 201 Å². The van der Waals surface area contributed by atoms with Crippen LogP contribution >= 0.6 is 67.8 Å². The van der Waals surface area contributed by atoms with Crippen LogP contribution in [-0.4, -0.2) is 43.1 Å². The number of nitrogen functional groups attached to an aromatic ring is 1. The largest absolute Gasteiger partial charge is 0.462 e. The maximum Gasteiger partial charge on any atom is 0.316 e. The van der Waals surface area contributed by atoms with Gasteiger partial charge in [-0.1, -0.05) is 0 Å². The van der Waals surface area contributed by atoms with Crippen LogP contribution in [0.2, 0.25) is 0 Å². The molecule has 0 aliphatic carbocycles. The molecule has 0 saturated heterocycles. The number of anilines is 2. The van der Waals surface area contributed by atoms with Crippen molar-refractivity contribution >= 4 is 103 Å². The second kappa shape index (κ2) is 11.2. The number of hydrogen-bond donors (Lipinski definition) is 4. The van der Waals surface area contributed by atoms with Gasteiger partial charge in [-0.25, -0.2) is 4.79 Å². The van der Waals surface area contributed by atoms with Crippen molar-refractivity contribution < 1.29 is 28.7 Å². The van der Waals surface area contributed by atoms with Gasteiger partial charge in [0.1, 0.15) is 6.61 Å². The molecule has 0 aliphatic heterocycles. The lowest BCUT2D eigenvalue weighted by molar-refractivity contribution is -0.155. The Morgan fingerprint density at radius 3 is 2.14 bits per heavy atom. The summed E-state index contributed by atoms with van der Waals surface area (Å²) < 4.78 is 11.4. The molecular weight excluding hydrogens is 713 g/mol. The zero-order chi connectivity index (χ0) is 21.6. The van der Waals surface area contributed by atoms with E-state index in [2.05, 4.69) is 10.6 Å². The van der Waals surface area contributed by atoms with Crippen LogP contribution in [0.1, 0.15) is 24.2 Å². The molecule has 0 bridgehead atoms. The average Bonchev–Trinajstić information content (AvgIpc) is 2.58. The minimum absolute atomic E-state index is 0.0949. The molecule has 1 unspecified atom stereocenters. The van der Waals surface area contributed by atoms with Crippen LogP contribution in [0.3, 0.4) is 0 Å². The number of hydrogen-bond acceptors (Lipinski definition) is 7. The molecule has 0 aliphatic rings. The highest BCUT2D eigenvalue weighted by atomic mass is 127. The van der Waals surface area contributed by atoms with Crippen molar-refractivity contribution in [3.8, 4) is 0 Å². The molecule has 0 fully saturated rings. The van der Waals surface area contributed by atoms with Gasteiger partial charge in [0.15, 0.2) is 6.10 Å². The Morgan fingerprint density at radius 2 is 1.64 bits per heavy atom. The van der Waals surface area contributed by atoms with Crippen molar-refractivity contribution in [3.63, 3.8) is 0 Å². The predicted octanol–water partition coefficient (Wildman–Crippen LogP) is 1.80. The predicted molar refractivity (Wildman–Crippen MR) is 127 cm³/mol. The van der Waals surface area contributed by atoms with Gasteiger partial charge in [0.05, 0.1) is 34.2 Å². The summed E-state index contributed by atoms with van der Waals surface area (Å²) in [6.45, 7) is 2.13. The van der Waals surface area contributed by atoms with Gasteiger partial charge in [-0.15, -0.1) is 0 Å². The number of esters is 2. The van der Waals surface area contributed by atoms with Gasteiger partial charge in [-0.05, 0) is 67.8 Å². The Balaban J connectivity index is 3.10. The molecule has 0 spiro atoms. The smallest absolute Gasteiger partial charge is 0.316 e. The van der Waals surface area contributed by atoms with E-state index in [9.17, 15) is 19.2 Å². The number of primary amides is 1. The fourth-order valence-electron chi connectivity index (χ4n) is 1.99. The monoisotopic (exact) mass is 730 g/mol. The summed E-state index contributed by atoms with van der Waals surface area (Å²) in [4.78, 5) is 46.2. The van der Waals surface area contributed by atoms with E-state index in [1.165, 1.54) is 13.8 Å². The number of carbonyl (C=O) groups is 4. The van der Waals surface area contributed by atoms with Crippen LogP contribution in [0.15, 0.2) is 0 Å². The van der Waals surface area contributed by atoms with Gasteiger partial charge in [0.25, 0.3) is 5.91 Å². The van der Waals surface area contributed by atoms with E-state index in [1.807, 2.05) is 67.8 Å². The molecule has 0 saturated carbocycles. The van der Waals surface area contributed by atoms with Gasteiger partial charge in [-0.2, -0.15) is 0 Å². The average molecular weight is 730 g/mol. The molecule has 0 heterocycles. The summed E-state index contributed by atoms with van der Waals surface area (Å²) >= 11 is 5.79. The molecular formula is C15H17I3N4O6. The number of nitrogens with two attached hydrogens (primary N) is 2. The molecule has 0 radical (unpaired) electrons. The Bertz CT molecular complexity index is 818. The van der Waals surface area contributed by atoms with Gasteiger partial charge in [0.2, 0.25) is 0 Å². The number of ether oxygens (including phenoxy) is 2. The van der Waals surface area contributed by atoms with Crippen molar-refractivity contribution in [2.24, 2.45) is 5.73 Å². The van der Waals surface area contributed by atoms with Crippen LogP contribution in [0.5, 0.6) is 0 Å². The number of nitrogens with one attached hydrogen (secondary N) is 2. The SMILES string of the molecule is CC(=O)OCC(CNC(=O)c1c(I)c(N)c(I)c(NC(N)=O)c1I)OC(C)=O. The van der Waals surface area contributed by atoms with E-state index < -0.39 is 30.0 Å². The number of benzene rings is 1. The van der Waals surface area contributed by atoms with Gasteiger partial charge >= 0.3 is 18.0 Å². The molecule has 1 atom stereocenters. The maximum absolute atomic E-state index is 12.7. The van der Waals surface area contributed by atoms with Crippen LogP contribution in [0.4, 0.5) is 16.2 Å². The first-order valence-electron chi connectivity index (χ1n) is 7.56. The van der Waals surface area contributed by atoms with Crippen LogP contribution in [0, 0.1) is 10.7 Å². The lowest BCUT2D eigenvalue weighted by Gasteiger charge is -2.20. The Kier molecular flexibility index (Phi) is 9.95. The number of urea groups is 1. The van der Waals surface area contributed by atoms with Crippen molar-refractivity contribution in [2.75, 3.05) is 24.2 Å². The number of halogens is 3. The zero-order valence-corrected chi connectivity index (χ0v) is 21.2. The summed E-state index contributed by atoms with van der Waals surface area (Å²) in [7, 11) is 0. The highest BCUT2D eigenvalue weighted by molar-refractivity contribution is 14.1. The molecule has 6 N–H and O–H groups in total. The summed E-state index contributed by atoms with van der Waals surface area (Å²) in [6, 6.07) is -0.792. The van der Waals surface area contributed by atoms with Crippen molar-refractivity contribution in [1.82, 2.24) is 5.32 Å². The summed E-state index contributed by atoms with van der Waals surface area (Å²) in [6.07, 6.45) is -0.856. The Morgan fingerprint density at radius 1 is 1.04 bits per heavy atom. The molecule has 0 aromatic heterocycles. The van der Waals surface area contributed by atoms with E-state index in [1.54, 1.807) is 0 Å². The van der Waals surface area contributed by atoms with Gasteiger partial charge in [-0.3, -0.25) is 14.4 Å². The van der Waals surface area contributed by atoms with Crippen molar-refractivity contribution in [3.05, 3.63) is 16.3 Å². The topological polar surface area (TPSA) is 163 Å². The minimum Gasteiger partial charge on any atom is -0.462 e. The third-order valence-electron chi connectivity index (χ3n) is 3.12. The van der Waals surface area contributed by atoms with Crippen LogP contribution in [0.25, 0.3) is 0 Å². The maximum atomic E-state index is 12.7. The van der Waals surface area contributed by atoms with Crippen molar-refractivity contribution in [2.45, 2.75) is 20.0 Å². The molecule has 154 valence electrons. The first kappa shape index (κ1) is 24.9. The third-order valence-corrected chi connectivity index (χ3v) is 6.44. The van der Waals surface area contributed by atoms with Crippen LogP contribution < -0.4 is 22.1 Å². The van der Waals surface area contributed by atoms with E-state index in [-0.39, 0.29) is 18.7 Å². The molecule has 1 aromatic carbocycles. The van der Waals surface area contributed by atoms with E-state index >= 15 is 0 Å². The summed E-state index contributed by atoms with van der Waals surface area (Å²) in [5.74, 6) is -1.63. The van der Waals surface area contributed by atoms with Crippen molar-refractivity contribution in [1.29, 1.82) is 0 Å². The van der Waals surface area contributed by atoms with E-state index in [4.69, 9.17) is 20.9 Å². The quantitative estimate of drug-likeness (QED) is 0.189.